The van der Waals surface area contributed by atoms with Crippen LogP contribution in [0.15, 0.2) is 61.2 Å². The number of carbonyl (C=O) groups is 2. The van der Waals surface area contributed by atoms with E-state index in [1.54, 1.807) is 31.5 Å². The first-order valence-electron chi connectivity index (χ1n) is 15.5. The molecule has 0 amide bonds. The molecule has 2 aliphatic rings. The molecule has 12 heteroatoms. The van der Waals surface area contributed by atoms with Gasteiger partial charge in [-0.15, -0.1) is 0 Å². The summed E-state index contributed by atoms with van der Waals surface area (Å²) in [6, 6.07) is 11.5. The first kappa shape index (κ1) is 35.2. The van der Waals surface area contributed by atoms with Crippen LogP contribution >= 0.6 is 46.4 Å². The molecule has 0 atom stereocenters. The number of ether oxygens (including phenoxy) is 1. The van der Waals surface area contributed by atoms with Crippen molar-refractivity contribution < 1.29 is 14.3 Å². The number of benzene rings is 2. The number of aromatic nitrogens is 4. The second-order valence-corrected chi connectivity index (χ2v) is 13.5. The highest BCUT2D eigenvalue weighted by Crippen LogP contribution is 2.50. The van der Waals surface area contributed by atoms with E-state index in [0.717, 1.165) is 49.7 Å². The first-order valence-corrected chi connectivity index (χ1v) is 17.0. The van der Waals surface area contributed by atoms with Crippen LogP contribution in [0.1, 0.15) is 88.9 Å². The zero-order valence-corrected chi connectivity index (χ0v) is 29.0. The van der Waals surface area contributed by atoms with E-state index in [1.807, 2.05) is 24.3 Å². The van der Waals surface area contributed by atoms with Gasteiger partial charge in [-0.1, -0.05) is 83.5 Å². The van der Waals surface area contributed by atoms with Crippen molar-refractivity contribution >= 4 is 58.2 Å². The molecule has 0 bridgehead atoms. The van der Waals surface area contributed by atoms with Gasteiger partial charge < -0.3 is 10.5 Å². The molecule has 4 aromatic rings. The molecule has 2 saturated carbocycles. The largest absolute Gasteiger partial charge is 0.462 e. The summed E-state index contributed by atoms with van der Waals surface area (Å²) in [5, 5.41) is 2.37. The molecule has 0 saturated heterocycles. The standard InChI is InChI=1S/C18H18Cl2N2O2.C17H17Cl2N3O/c1-2-24-17(23)12-10-21-15(22-11-12)9-18(7-4-8-18)13-5-3-6-14(19)16(13)20;18-13-4-1-3-12(16(13)19)17(5-2-6-17)7-15-21-9-11(10-22-15)14(23)8-20/h3,5-6,10-11H,2,4,7-9H2,1H3;1,3-4,9-10H,2,5-8,20H2. The van der Waals surface area contributed by atoms with Crippen LogP contribution in [0.5, 0.6) is 0 Å². The molecular formula is C35H35Cl4N5O3. The number of hydrogen-bond acceptors (Lipinski definition) is 8. The van der Waals surface area contributed by atoms with Crippen molar-refractivity contribution in [1.82, 2.24) is 19.9 Å². The lowest BCUT2D eigenvalue weighted by atomic mass is 9.62. The molecule has 47 heavy (non-hydrogen) atoms. The van der Waals surface area contributed by atoms with E-state index < -0.39 is 5.97 Å². The van der Waals surface area contributed by atoms with Crippen molar-refractivity contribution in [3.8, 4) is 0 Å². The first-order chi connectivity index (χ1) is 22.6. The number of nitrogens with zero attached hydrogens (tertiary/aromatic N) is 4. The predicted molar refractivity (Wildman–Crippen MR) is 185 cm³/mol. The number of hydrogen-bond donors (Lipinski definition) is 1. The summed E-state index contributed by atoms with van der Waals surface area (Å²) in [5.41, 5.74) is 8.13. The van der Waals surface area contributed by atoms with Crippen LogP contribution in [0.4, 0.5) is 0 Å². The molecule has 2 aliphatic carbocycles. The summed E-state index contributed by atoms with van der Waals surface area (Å²) in [6.07, 6.45) is 13.9. The second-order valence-electron chi connectivity index (χ2n) is 11.9. The van der Waals surface area contributed by atoms with Crippen molar-refractivity contribution in [2.75, 3.05) is 13.2 Å². The average Bonchev–Trinajstić information content (AvgIpc) is 3.04. The molecule has 2 fully saturated rings. The fourth-order valence-corrected chi connectivity index (χ4v) is 7.20. The van der Waals surface area contributed by atoms with Gasteiger partial charge in [0.05, 0.1) is 44.4 Å². The third-order valence-corrected chi connectivity index (χ3v) is 10.7. The fourth-order valence-electron chi connectivity index (χ4n) is 6.20. The third-order valence-electron chi connectivity index (χ3n) is 9.09. The maximum absolute atomic E-state index is 11.7. The van der Waals surface area contributed by atoms with Gasteiger partial charge in [0.2, 0.25) is 0 Å². The highest BCUT2D eigenvalue weighted by atomic mass is 35.5. The van der Waals surface area contributed by atoms with Crippen LogP contribution in [0.3, 0.4) is 0 Å². The topological polar surface area (TPSA) is 121 Å². The van der Waals surface area contributed by atoms with Crippen LogP contribution in [0, 0.1) is 0 Å². The van der Waals surface area contributed by atoms with Crippen molar-refractivity contribution in [3.63, 3.8) is 0 Å². The predicted octanol–water partition coefficient (Wildman–Crippen LogP) is 8.21. The van der Waals surface area contributed by atoms with Crippen molar-refractivity contribution in [2.45, 2.75) is 69.1 Å². The Morgan fingerprint density at radius 2 is 1.15 bits per heavy atom. The normalized spacial score (nSPS) is 15.8. The quantitative estimate of drug-likeness (QED) is 0.129. The summed E-state index contributed by atoms with van der Waals surface area (Å²) >= 11 is 25.2. The van der Waals surface area contributed by atoms with Crippen molar-refractivity contribution in [2.24, 2.45) is 5.73 Å². The lowest BCUT2D eigenvalue weighted by molar-refractivity contribution is 0.0525. The SMILES string of the molecule is CCOC(=O)c1cnc(CC2(c3cccc(Cl)c3Cl)CCC2)nc1.NCC(=O)c1cnc(CC2(c3cccc(Cl)c3Cl)CCC2)nc1. The average molecular weight is 716 g/mol. The van der Waals surface area contributed by atoms with Crippen LogP contribution in [-0.4, -0.2) is 44.8 Å². The Bertz CT molecular complexity index is 1730. The van der Waals surface area contributed by atoms with Gasteiger partial charge >= 0.3 is 5.97 Å². The molecule has 246 valence electrons. The third kappa shape index (κ3) is 7.79. The minimum atomic E-state index is -0.403. The monoisotopic (exact) mass is 713 g/mol. The maximum Gasteiger partial charge on any atom is 0.341 e. The highest BCUT2D eigenvalue weighted by molar-refractivity contribution is 6.43. The fraction of sp³-hybridized carbons (Fsp3) is 0.371. The van der Waals surface area contributed by atoms with Gasteiger partial charge in [0, 0.05) is 48.5 Å². The molecule has 0 spiro atoms. The van der Waals surface area contributed by atoms with E-state index in [1.165, 1.54) is 12.4 Å². The van der Waals surface area contributed by atoms with Crippen molar-refractivity contribution in [3.05, 3.63) is 115 Å². The van der Waals surface area contributed by atoms with Gasteiger partial charge in [0.25, 0.3) is 0 Å². The van der Waals surface area contributed by atoms with Crippen LogP contribution < -0.4 is 5.73 Å². The van der Waals surface area contributed by atoms with E-state index in [0.29, 0.717) is 62.3 Å². The van der Waals surface area contributed by atoms with Gasteiger partial charge in [-0.3, -0.25) is 4.79 Å². The summed E-state index contributed by atoms with van der Waals surface area (Å²) in [4.78, 5) is 40.6. The van der Waals surface area contributed by atoms with E-state index in [2.05, 4.69) is 19.9 Å². The molecule has 6 rings (SSSR count). The van der Waals surface area contributed by atoms with E-state index in [-0.39, 0.29) is 23.2 Å². The van der Waals surface area contributed by atoms with Crippen molar-refractivity contribution in [1.29, 1.82) is 0 Å². The minimum Gasteiger partial charge on any atom is -0.462 e. The zero-order chi connectivity index (χ0) is 33.6. The molecular weight excluding hydrogens is 680 g/mol. The van der Waals surface area contributed by atoms with E-state index in [9.17, 15) is 9.59 Å². The Morgan fingerprint density at radius 1 is 0.723 bits per heavy atom. The lowest BCUT2D eigenvalue weighted by Crippen LogP contribution is -2.37. The van der Waals surface area contributed by atoms with Gasteiger partial charge in [0.15, 0.2) is 5.78 Å². The molecule has 0 unspecified atom stereocenters. The number of esters is 1. The molecule has 2 aromatic heterocycles. The summed E-state index contributed by atoms with van der Waals surface area (Å²) in [5.74, 6) is 0.834. The van der Waals surface area contributed by atoms with Crippen LogP contribution in [0.25, 0.3) is 0 Å². The Balaban J connectivity index is 0.000000185. The highest BCUT2D eigenvalue weighted by Gasteiger charge is 2.42. The molecule has 0 radical (unpaired) electrons. The van der Waals surface area contributed by atoms with Gasteiger partial charge in [-0.2, -0.15) is 0 Å². The maximum atomic E-state index is 11.7. The summed E-state index contributed by atoms with van der Waals surface area (Å²) in [7, 11) is 0. The molecule has 2 N–H and O–H groups in total. The van der Waals surface area contributed by atoms with Gasteiger partial charge in [0.1, 0.15) is 11.6 Å². The minimum absolute atomic E-state index is 0.0369. The Kier molecular flexibility index (Phi) is 11.5. The Morgan fingerprint density at radius 3 is 1.51 bits per heavy atom. The number of nitrogens with two attached hydrogens (primary N) is 1. The molecule has 2 aromatic carbocycles. The van der Waals surface area contributed by atoms with Gasteiger partial charge in [-0.05, 0) is 55.9 Å². The van der Waals surface area contributed by atoms with Crippen LogP contribution in [-0.2, 0) is 28.4 Å². The molecule has 0 aliphatic heterocycles. The Hall–Kier alpha value is -3.14. The van der Waals surface area contributed by atoms with E-state index >= 15 is 0 Å². The van der Waals surface area contributed by atoms with Crippen LogP contribution in [0.2, 0.25) is 20.1 Å². The Labute approximate surface area is 294 Å². The molecule has 8 nitrogen and oxygen atoms in total. The van der Waals surface area contributed by atoms with E-state index in [4.69, 9.17) is 56.9 Å². The smallest absolute Gasteiger partial charge is 0.341 e. The van der Waals surface area contributed by atoms with Gasteiger partial charge in [-0.25, -0.2) is 24.7 Å². The number of halogens is 4. The number of ketones is 1. The summed E-state index contributed by atoms with van der Waals surface area (Å²) in [6.45, 7) is 2.06. The molecule has 2 heterocycles. The second kappa shape index (κ2) is 15.4. The number of carbonyl (C=O) groups excluding carboxylic acids is 2. The summed E-state index contributed by atoms with van der Waals surface area (Å²) < 4.78 is 4.95. The number of rotatable bonds is 10. The zero-order valence-electron chi connectivity index (χ0n) is 25.9. The number of Topliss-reactive ketones (excluding diaryl/α,β-unsaturated/α-hetero) is 1. The lowest BCUT2D eigenvalue weighted by Gasteiger charge is -2.42.